The van der Waals surface area contributed by atoms with Gasteiger partial charge in [0.05, 0.1) is 27.9 Å². The van der Waals surface area contributed by atoms with E-state index in [1.54, 1.807) is 11.3 Å². The Hall–Kier alpha value is -3.92. The van der Waals surface area contributed by atoms with Crippen molar-refractivity contribution in [3.63, 3.8) is 0 Å². The maximum Gasteiger partial charge on any atom is 0.347 e. The summed E-state index contributed by atoms with van der Waals surface area (Å²) < 4.78 is 25.8. The second kappa shape index (κ2) is 13.0. The monoisotopic (exact) mass is 732 g/mol. The van der Waals surface area contributed by atoms with E-state index < -0.39 is 18.0 Å². The van der Waals surface area contributed by atoms with Crippen molar-refractivity contribution in [2.45, 2.75) is 12.5 Å². The summed E-state index contributed by atoms with van der Waals surface area (Å²) >= 11 is 9.08. The van der Waals surface area contributed by atoms with Crippen molar-refractivity contribution in [2.24, 2.45) is 0 Å². The van der Waals surface area contributed by atoms with Crippen LogP contribution in [0.1, 0.15) is 5.56 Å². The molecule has 0 aliphatic heterocycles. The Kier molecular flexibility index (Phi) is 8.88. The molecule has 0 saturated heterocycles. The molecule has 6 aromatic rings. The number of rotatable bonds is 9. The van der Waals surface area contributed by atoms with E-state index in [9.17, 15) is 9.59 Å². The minimum atomic E-state index is -0.847. The number of hydrogen-bond acceptors (Lipinski definition) is 7. The Morgan fingerprint density at radius 2 is 1.41 bits per heavy atom. The summed E-state index contributed by atoms with van der Waals surface area (Å²) in [7, 11) is 2.71. The average Bonchev–Trinajstić information content (AvgIpc) is 3.43. The summed E-state index contributed by atoms with van der Waals surface area (Å²) in [5.41, 5.74) is 2.90. The molecule has 6 rings (SSSR count). The lowest BCUT2D eigenvalue weighted by Gasteiger charge is -2.20. The van der Waals surface area contributed by atoms with Gasteiger partial charge in [0, 0.05) is 27.3 Å². The fourth-order valence-electron chi connectivity index (χ4n) is 5.33. The number of thiophene rings is 1. The van der Waals surface area contributed by atoms with Crippen molar-refractivity contribution in [3.05, 3.63) is 106 Å². The molecule has 9 heteroatoms. The average molecular weight is 734 g/mol. The van der Waals surface area contributed by atoms with Crippen LogP contribution in [0.25, 0.3) is 42.1 Å². The summed E-state index contributed by atoms with van der Waals surface area (Å²) in [6.45, 7) is -0.198. The molecule has 0 unspecified atom stereocenters. The lowest BCUT2D eigenvalue weighted by molar-refractivity contribution is -0.148. The standard InChI is InChI=1S/C35H26Br2O6S/c1-40-29(38)19-42-32-23-13-7-6-12-22(23)30(31-24-14-8-9-15-28(24)44-34(31)32)21-17-25(36)33(26(37)18-21)43-27(35(39)41-2)16-20-10-4-3-5-11-20/h3-15,17-18,27H,16,19H2,1-2H3/t27-/m1/s1. The van der Waals surface area contributed by atoms with Gasteiger partial charge in [-0.05, 0) is 72.1 Å². The smallest absolute Gasteiger partial charge is 0.347 e. The molecule has 222 valence electrons. The first-order valence-electron chi connectivity index (χ1n) is 13.7. The number of carbonyl (C=O) groups excluding carboxylic acids is 2. The van der Waals surface area contributed by atoms with Crippen LogP contribution in [0.5, 0.6) is 11.5 Å². The van der Waals surface area contributed by atoms with E-state index in [-0.39, 0.29) is 6.61 Å². The summed E-state index contributed by atoms with van der Waals surface area (Å²) in [5.74, 6) is 0.227. The van der Waals surface area contributed by atoms with Crippen LogP contribution in [-0.2, 0) is 25.5 Å². The van der Waals surface area contributed by atoms with Crippen molar-refractivity contribution in [1.82, 2.24) is 0 Å². The predicted molar refractivity (Wildman–Crippen MR) is 182 cm³/mol. The van der Waals surface area contributed by atoms with Gasteiger partial charge in [0.15, 0.2) is 12.7 Å². The molecule has 0 aliphatic carbocycles. The van der Waals surface area contributed by atoms with Crippen molar-refractivity contribution in [1.29, 1.82) is 0 Å². The molecule has 0 bridgehead atoms. The van der Waals surface area contributed by atoms with E-state index in [2.05, 4.69) is 50.1 Å². The molecular weight excluding hydrogens is 708 g/mol. The van der Waals surface area contributed by atoms with Gasteiger partial charge in [0.2, 0.25) is 0 Å². The number of hydrogen-bond donors (Lipinski definition) is 0. The third-order valence-corrected chi connectivity index (χ3v) is 9.68. The minimum absolute atomic E-state index is 0.198. The van der Waals surface area contributed by atoms with Crippen LogP contribution in [-0.4, -0.2) is 38.9 Å². The van der Waals surface area contributed by atoms with Gasteiger partial charge in [0.1, 0.15) is 11.5 Å². The molecule has 0 spiro atoms. The number of methoxy groups -OCH3 is 2. The fourth-order valence-corrected chi connectivity index (χ4v) is 7.93. The van der Waals surface area contributed by atoms with Crippen LogP contribution >= 0.6 is 43.2 Å². The molecule has 0 amide bonds. The number of ether oxygens (including phenoxy) is 4. The zero-order valence-corrected chi connectivity index (χ0v) is 27.8. The topological polar surface area (TPSA) is 71.1 Å². The molecule has 5 aromatic carbocycles. The van der Waals surface area contributed by atoms with Gasteiger partial charge in [-0.2, -0.15) is 0 Å². The highest BCUT2D eigenvalue weighted by Gasteiger charge is 2.26. The SMILES string of the molecule is COC(=O)COc1c2ccccc2c(-c2cc(Br)c(O[C@H](Cc3ccccc3)C(=O)OC)c(Br)c2)c2c1sc1ccccc12. The molecule has 1 atom stereocenters. The van der Waals surface area contributed by atoms with Crippen LogP contribution in [0.2, 0.25) is 0 Å². The summed E-state index contributed by atoms with van der Waals surface area (Å²) in [5, 5.41) is 3.95. The van der Waals surface area contributed by atoms with E-state index in [1.165, 1.54) is 14.2 Å². The first kappa shape index (κ1) is 30.1. The van der Waals surface area contributed by atoms with Gasteiger partial charge in [-0.15, -0.1) is 11.3 Å². The molecule has 0 N–H and O–H groups in total. The van der Waals surface area contributed by atoms with E-state index >= 15 is 0 Å². The summed E-state index contributed by atoms with van der Waals surface area (Å²) in [4.78, 5) is 24.8. The van der Waals surface area contributed by atoms with Crippen LogP contribution in [0.4, 0.5) is 0 Å². The highest BCUT2D eigenvalue weighted by molar-refractivity contribution is 9.11. The molecule has 1 heterocycles. The molecule has 0 radical (unpaired) electrons. The maximum atomic E-state index is 12.7. The lowest BCUT2D eigenvalue weighted by Crippen LogP contribution is -2.31. The van der Waals surface area contributed by atoms with Crippen LogP contribution in [0, 0.1) is 0 Å². The van der Waals surface area contributed by atoms with Crippen molar-refractivity contribution in [2.75, 3.05) is 20.8 Å². The lowest BCUT2D eigenvalue weighted by atomic mass is 9.92. The Morgan fingerprint density at radius 1 is 0.773 bits per heavy atom. The van der Waals surface area contributed by atoms with Gasteiger partial charge >= 0.3 is 11.9 Å². The van der Waals surface area contributed by atoms with Gasteiger partial charge in [0.25, 0.3) is 0 Å². The first-order chi connectivity index (χ1) is 21.4. The van der Waals surface area contributed by atoms with Gasteiger partial charge < -0.3 is 18.9 Å². The predicted octanol–water partition coefficient (Wildman–Crippen LogP) is 9.11. The van der Waals surface area contributed by atoms with Gasteiger partial charge in [-0.1, -0.05) is 72.8 Å². The third kappa shape index (κ3) is 5.79. The largest absolute Gasteiger partial charge is 0.480 e. The third-order valence-electron chi connectivity index (χ3n) is 7.33. The van der Waals surface area contributed by atoms with E-state index in [4.69, 9.17) is 18.9 Å². The Balaban J connectivity index is 1.52. The Labute approximate surface area is 274 Å². The minimum Gasteiger partial charge on any atom is -0.480 e. The number of benzene rings is 5. The Bertz CT molecular complexity index is 2000. The summed E-state index contributed by atoms with van der Waals surface area (Å²) in [6, 6.07) is 29.9. The molecule has 6 nitrogen and oxygen atoms in total. The van der Waals surface area contributed by atoms with Gasteiger partial charge in [-0.25, -0.2) is 9.59 Å². The second-order valence-corrected chi connectivity index (χ2v) is 12.8. The maximum absolute atomic E-state index is 12.7. The van der Waals surface area contributed by atoms with Crippen LogP contribution in [0.3, 0.4) is 0 Å². The number of fused-ring (bicyclic) bond motifs is 4. The quantitative estimate of drug-likeness (QED) is 0.138. The molecular formula is C35H26Br2O6S. The molecule has 0 fully saturated rings. The first-order valence-corrected chi connectivity index (χ1v) is 16.1. The van der Waals surface area contributed by atoms with Gasteiger partial charge in [-0.3, -0.25) is 0 Å². The highest BCUT2D eigenvalue weighted by Crippen LogP contribution is 2.51. The summed E-state index contributed by atoms with van der Waals surface area (Å²) in [6.07, 6.45) is -0.492. The Morgan fingerprint density at radius 3 is 2.09 bits per heavy atom. The van der Waals surface area contributed by atoms with E-state index in [1.807, 2.05) is 72.8 Å². The van der Waals surface area contributed by atoms with Crippen LogP contribution in [0.15, 0.2) is 99.9 Å². The van der Waals surface area contributed by atoms with E-state index in [0.29, 0.717) is 26.9 Å². The normalized spacial score (nSPS) is 11.9. The van der Waals surface area contributed by atoms with Crippen molar-refractivity contribution >= 4 is 86.1 Å². The second-order valence-electron chi connectivity index (χ2n) is 10.0. The highest BCUT2D eigenvalue weighted by atomic mass is 79.9. The zero-order valence-electron chi connectivity index (χ0n) is 23.8. The fraction of sp³-hybridized carbons (Fsp3) is 0.143. The molecule has 0 saturated carbocycles. The number of halogens is 2. The van der Waals surface area contributed by atoms with E-state index in [0.717, 1.165) is 47.6 Å². The zero-order chi connectivity index (χ0) is 30.8. The molecule has 0 aliphatic rings. The molecule has 44 heavy (non-hydrogen) atoms. The number of esters is 2. The molecule has 1 aromatic heterocycles. The van der Waals surface area contributed by atoms with Crippen molar-refractivity contribution in [3.8, 4) is 22.6 Å². The van der Waals surface area contributed by atoms with Crippen LogP contribution < -0.4 is 9.47 Å². The number of carbonyl (C=O) groups is 2. The van der Waals surface area contributed by atoms with Crippen molar-refractivity contribution < 1.29 is 28.5 Å².